The number of benzene rings is 1. The van der Waals surface area contributed by atoms with Gasteiger partial charge in [0.1, 0.15) is 11.6 Å². The second-order valence-corrected chi connectivity index (χ2v) is 7.95. The predicted octanol–water partition coefficient (Wildman–Crippen LogP) is 5.45. The summed E-state index contributed by atoms with van der Waals surface area (Å²) in [6, 6.07) is 12.4. The van der Waals surface area contributed by atoms with Crippen molar-refractivity contribution in [3.8, 4) is 11.8 Å². The van der Waals surface area contributed by atoms with E-state index in [-0.39, 0.29) is 5.92 Å². The molecule has 1 fully saturated rings. The standard InChI is InChI=1S/C20H21BrClN3O/c1-26-17-6-4-14(5-7-17)12-25(13-16-3-2-15(8-16)10-23)20-9-19(22)18(21)11-24-20/h4-7,9,11,15-16H,2-3,8,12-13H2,1H3. The SMILES string of the molecule is COc1ccc(CN(CC2CCC(C#N)C2)c2cc(Cl)c(Br)cn2)cc1. The van der Waals surface area contributed by atoms with Crippen molar-refractivity contribution < 1.29 is 4.74 Å². The molecule has 4 nitrogen and oxygen atoms in total. The largest absolute Gasteiger partial charge is 0.497 e. The molecule has 136 valence electrons. The summed E-state index contributed by atoms with van der Waals surface area (Å²) in [4.78, 5) is 6.81. The molecule has 1 aliphatic carbocycles. The van der Waals surface area contributed by atoms with Gasteiger partial charge in [0.15, 0.2) is 0 Å². The van der Waals surface area contributed by atoms with Gasteiger partial charge in [0.2, 0.25) is 0 Å². The van der Waals surface area contributed by atoms with E-state index in [2.05, 4.69) is 44.0 Å². The molecule has 0 aliphatic heterocycles. The number of halogens is 2. The minimum atomic E-state index is 0.185. The molecule has 3 rings (SSSR count). The number of methoxy groups -OCH3 is 1. The van der Waals surface area contributed by atoms with Crippen LogP contribution in [0.2, 0.25) is 5.02 Å². The van der Waals surface area contributed by atoms with Crippen LogP contribution in [0.15, 0.2) is 41.0 Å². The van der Waals surface area contributed by atoms with E-state index >= 15 is 0 Å². The van der Waals surface area contributed by atoms with Crippen LogP contribution in [0.1, 0.15) is 24.8 Å². The molecule has 0 bridgehead atoms. The molecule has 0 spiro atoms. The van der Waals surface area contributed by atoms with Crippen LogP contribution < -0.4 is 9.64 Å². The number of nitrogens with zero attached hydrogens (tertiary/aromatic N) is 3. The Morgan fingerprint density at radius 1 is 1.35 bits per heavy atom. The van der Waals surface area contributed by atoms with E-state index in [0.717, 1.165) is 48.4 Å². The second kappa shape index (κ2) is 8.75. The first-order chi connectivity index (χ1) is 12.6. The number of ether oxygens (including phenoxy) is 1. The molecule has 6 heteroatoms. The average Bonchev–Trinajstić information content (AvgIpc) is 3.12. The Labute approximate surface area is 167 Å². The number of pyridine rings is 1. The average molecular weight is 435 g/mol. The molecule has 1 aromatic heterocycles. The summed E-state index contributed by atoms with van der Waals surface area (Å²) in [7, 11) is 1.67. The van der Waals surface area contributed by atoms with Crippen LogP contribution in [0.5, 0.6) is 5.75 Å². The molecular weight excluding hydrogens is 414 g/mol. The number of hydrogen-bond acceptors (Lipinski definition) is 4. The maximum Gasteiger partial charge on any atom is 0.130 e. The fraction of sp³-hybridized carbons (Fsp3) is 0.400. The predicted molar refractivity (Wildman–Crippen MR) is 107 cm³/mol. The Kier molecular flexibility index (Phi) is 6.39. The van der Waals surface area contributed by atoms with Gasteiger partial charge >= 0.3 is 0 Å². The number of hydrogen-bond donors (Lipinski definition) is 0. The lowest BCUT2D eigenvalue weighted by Gasteiger charge is -2.27. The van der Waals surface area contributed by atoms with E-state index in [4.69, 9.17) is 16.3 Å². The maximum absolute atomic E-state index is 9.18. The topological polar surface area (TPSA) is 49.1 Å². The fourth-order valence-electron chi connectivity index (χ4n) is 3.44. The number of aromatic nitrogens is 1. The zero-order valence-corrected chi connectivity index (χ0v) is 17.0. The molecule has 0 amide bonds. The van der Waals surface area contributed by atoms with Crippen LogP contribution in [0.25, 0.3) is 0 Å². The van der Waals surface area contributed by atoms with Gasteiger partial charge in [-0.3, -0.25) is 0 Å². The normalized spacial score (nSPS) is 19.2. The highest BCUT2D eigenvalue weighted by atomic mass is 79.9. The van der Waals surface area contributed by atoms with Gasteiger partial charge in [0, 0.05) is 31.3 Å². The van der Waals surface area contributed by atoms with Gasteiger partial charge in [-0.2, -0.15) is 5.26 Å². The Morgan fingerprint density at radius 2 is 2.12 bits per heavy atom. The van der Waals surface area contributed by atoms with Crippen molar-refractivity contribution in [2.45, 2.75) is 25.8 Å². The van der Waals surface area contributed by atoms with Crippen LogP contribution >= 0.6 is 27.5 Å². The van der Waals surface area contributed by atoms with E-state index in [1.807, 2.05) is 18.2 Å². The van der Waals surface area contributed by atoms with Gasteiger partial charge in [-0.15, -0.1) is 0 Å². The quantitative estimate of drug-likeness (QED) is 0.606. The minimum Gasteiger partial charge on any atom is -0.497 e. The molecule has 2 aromatic rings. The van der Waals surface area contributed by atoms with Crippen LogP contribution in [-0.2, 0) is 6.54 Å². The van der Waals surface area contributed by atoms with E-state index in [1.165, 1.54) is 5.56 Å². The van der Waals surface area contributed by atoms with Gasteiger partial charge in [0.05, 0.1) is 22.7 Å². The minimum absolute atomic E-state index is 0.185. The zero-order chi connectivity index (χ0) is 18.5. The van der Waals surface area contributed by atoms with E-state index in [9.17, 15) is 5.26 Å². The second-order valence-electron chi connectivity index (χ2n) is 6.69. The van der Waals surface area contributed by atoms with Crippen molar-refractivity contribution in [3.05, 3.63) is 51.6 Å². The lowest BCUT2D eigenvalue weighted by Crippen LogP contribution is -2.29. The van der Waals surface area contributed by atoms with E-state index < -0.39 is 0 Å². The summed E-state index contributed by atoms with van der Waals surface area (Å²) in [5.74, 6) is 2.39. The van der Waals surface area contributed by atoms with Gasteiger partial charge in [-0.05, 0) is 58.8 Å². The Hall–Kier alpha value is -1.77. The Bertz CT molecular complexity index is 791. The van der Waals surface area contributed by atoms with Crippen molar-refractivity contribution in [3.63, 3.8) is 0 Å². The van der Waals surface area contributed by atoms with Crippen molar-refractivity contribution in [1.82, 2.24) is 4.98 Å². The summed E-state index contributed by atoms with van der Waals surface area (Å²) in [6.45, 7) is 1.61. The van der Waals surface area contributed by atoms with Crippen molar-refractivity contribution in [2.24, 2.45) is 11.8 Å². The molecule has 1 heterocycles. The lowest BCUT2D eigenvalue weighted by molar-refractivity contribution is 0.414. The zero-order valence-electron chi connectivity index (χ0n) is 14.7. The van der Waals surface area contributed by atoms with Crippen molar-refractivity contribution >= 4 is 33.3 Å². The molecule has 1 aromatic carbocycles. The molecule has 0 saturated heterocycles. The van der Waals surface area contributed by atoms with Crippen LogP contribution in [0.3, 0.4) is 0 Å². The third-order valence-electron chi connectivity index (χ3n) is 4.85. The number of anilines is 1. The first-order valence-corrected chi connectivity index (χ1v) is 9.84. The molecular formula is C20H21BrClN3O. The summed E-state index contributed by atoms with van der Waals surface area (Å²) in [5.41, 5.74) is 1.18. The molecule has 1 saturated carbocycles. The third-order valence-corrected chi connectivity index (χ3v) is 6.03. The fourth-order valence-corrected chi connectivity index (χ4v) is 3.80. The van der Waals surface area contributed by atoms with Gasteiger partial charge in [-0.1, -0.05) is 23.7 Å². The van der Waals surface area contributed by atoms with Gasteiger partial charge in [-0.25, -0.2) is 4.98 Å². The van der Waals surface area contributed by atoms with Crippen molar-refractivity contribution in [2.75, 3.05) is 18.6 Å². The smallest absolute Gasteiger partial charge is 0.130 e. The summed E-state index contributed by atoms with van der Waals surface area (Å²) in [6.07, 6.45) is 4.78. The van der Waals surface area contributed by atoms with Crippen LogP contribution in [0, 0.1) is 23.2 Å². The molecule has 0 N–H and O–H groups in total. The monoisotopic (exact) mass is 433 g/mol. The molecule has 26 heavy (non-hydrogen) atoms. The third kappa shape index (κ3) is 4.69. The molecule has 2 unspecified atom stereocenters. The van der Waals surface area contributed by atoms with Crippen LogP contribution in [-0.4, -0.2) is 18.6 Å². The van der Waals surface area contributed by atoms with Crippen LogP contribution in [0.4, 0.5) is 5.82 Å². The van der Waals surface area contributed by atoms with Gasteiger partial charge < -0.3 is 9.64 Å². The molecule has 0 radical (unpaired) electrons. The van der Waals surface area contributed by atoms with E-state index in [1.54, 1.807) is 13.3 Å². The Morgan fingerprint density at radius 3 is 2.73 bits per heavy atom. The highest BCUT2D eigenvalue weighted by Crippen LogP contribution is 2.33. The summed E-state index contributed by atoms with van der Waals surface area (Å²) >= 11 is 9.69. The lowest BCUT2D eigenvalue weighted by atomic mass is 10.0. The Balaban J connectivity index is 1.80. The summed E-state index contributed by atoms with van der Waals surface area (Å²) in [5, 5.41) is 9.83. The highest BCUT2D eigenvalue weighted by Gasteiger charge is 2.26. The molecule has 2 atom stereocenters. The first kappa shape index (κ1) is 19.0. The molecule has 1 aliphatic rings. The van der Waals surface area contributed by atoms with Gasteiger partial charge in [0.25, 0.3) is 0 Å². The maximum atomic E-state index is 9.18. The highest BCUT2D eigenvalue weighted by molar-refractivity contribution is 9.10. The van der Waals surface area contributed by atoms with E-state index in [0.29, 0.717) is 10.9 Å². The summed E-state index contributed by atoms with van der Waals surface area (Å²) < 4.78 is 6.03. The van der Waals surface area contributed by atoms with Crippen molar-refractivity contribution in [1.29, 1.82) is 5.26 Å². The number of nitriles is 1. The first-order valence-electron chi connectivity index (χ1n) is 8.67. The number of rotatable bonds is 6.